The van der Waals surface area contributed by atoms with Crippen molar-refractivity contribution in [3.63, 3.8) is 0 Å². The van der Waals surface area contributed by atoms with Gasteiger partial charge in [-0.3, -0.25) is 0 Å². The van der Waals surface area contributed by atoms with Crippen LogP contribution >= 0.6 is 39.3 Å². The van der Waals surface area contributed by atoms with Gasteiger partial charge in [0, 0.05) is 11.8 Å². The monoisotopic (exact) mass is 566 g/mol. The number of ether oxygens (including phenoxy) is 3. The van der Waals surface area contributed by atoms with E-state index in [1.807, 2.05) is 22.6 Å². The van der Waals surface area contributed by atoms with Gasteiger partial charge in [-0.25, -0.2) is 14.2 Å². The zero-order valence-corrected chi connectivity index (χ0v) is 21.8. The molecule has 2 aliphatic heterocycles. The van der Waals surface area contributed by atoms with E-state index in [4.69, 9.17) is 25.8 Å². The number of methoxy groups -OCH3 is 1. The Morgan fingerprint density at radius 1 is 1.35 bits per heavy atom. The first-order valence-corrected chi connectivity index (χ1v) is 12.4. The van der Waals surface area contributed by atoms with Crippen LogP contribution in [0.3, 0.4) is 0 Å². The summed E-state index contributed by atoms with van der Waals surface area (Å²) in [6.45, 7) is 3.73. The number of carbonyl (C=O) groups excluding carboxylic acids is 1. The van der Waals surface area contributed by atoms with E-state index in [1.54, 1.807) is 26.0 Å². The van der Waals surface area contributed by atoms with Gasteiger partial charge in [-0.15, -0.1) is 0 Å². The molecule has 178 valence electrons. The number of carbonyl (C=O) groups is 1. The van der Waals surface area contributed by atoms with Crippen LogP contribution in [-0.4, -0.2) is 29.8 Å². The molecule has 0 N–H and O–H groups in total. The summed E-state index contributed by atoms with van der Waals surface area (Å²) in [5, 5.41) is 2.95. The molecule has 0 fully saturated rings. The first-order chi connectivity index (χ1) is 16.3. The topological polar surface area (TPSA) is 60.4 Å². The number of hydrogen-bond acceptors (Lipinski definition) is 7. The predicted octanol–water partition coefficient (Wildman–Crippen LogP) is 6.60. The number of amidine groups is 1. The summed E-state index contributed by atoms with van der Waals surface area (Å²) in [7, 11) is 1.52. The van der Waals surface area contributed by atoms with Crippen LogP contribution in [0.4, 0.5) is 4.39 Å². The van der Waals surface area contributed by atoms with Crippen LogP contribution < -0.4 is 9.47 Å². The van der Waals surface area contributed by atoms with Crippen molar-refractivity contribution in [2.45, 2.75) is 26.5 Å². The predicted molar refractivity (Wildman–Crippen MR) is 135 cm³/mol. The van der Waals surface area contributed by atoms with Crippen LogP contribution in [0, 0.1) is 5.82 Å². The van der Waals surface area contributed by atoms with Crippen molar-refractivity contribution < 1.29 is 23.4 Å². The lowest BCUT2D eigenvalue weighted by Crippen LogP contribution is -2.34. The third kappa shape index (κ3) is 4.69. The van der Waals surface area contributed by atoms with Gasteiger partial charge < -0.3 is 19.1 Å². The van der Waals surface area contributed by atoms with Gasteiger partial charge in [-0.2, -0.15) is 0 Å². The molecule has 6 nitrogen and oxygen atoms in total. The Morgan fingerprint density at radius 3 is 2.85 bits per heavy atom. The number of thioether (sulfide) groups is 1. The molecule has 0 saturated heterocycles. The fourth-order valence-electron chi connectivity index (χ4n) is 3.75. The van der Waals surface area contributed by atoms with Crippen molar-refractivity contribution in [3.05, 3.63) is 79.6 Å². The van der Waals surface area contributed by atoms with Crippen molar-refractivity contribution in [2.24, 2.45) is 4.99 Å². The summed E-state index contributed by atoms with van der Waals surface area (Å²) in [6, 6.07) is 7.63. The molecule has 2 aromatic rings. The molecule has 0 bridgehead atoms. The number of esters is 1. The van der Waals surface area contributed by atoms with Crippen molar-refractivity contribution in [1.29, 1.82) is 0 Å². The van der Waals surface area contributed by atoms with Gasteiger partial charge in [0.05, 0.1) is 40.5 Å². The van der Waals surface area contributed by atoms with E-state index in [1.165, 1.54) is 31.0 Å². The minimum absolute atomic E-state index is 0.0847. The minimum atomic E-state index is -0.474. The molecule has 0 spiro atoms. The molecule has 0 aliphatic carbocycles. The van der Waals surface area contributed by atoms with E-state index >= 15 is 0 Å². The number of allylic oxidation sites excluding steroid dienone is 1. The highest BCUT2D eigenvalue weighted by atomic mass is 79.9. The minimum Gasteiger partial charge on any atom is -0.493 e. The first kappa shape index (κ1) is 24.6. The third-order valence-corrected chi connectivity index (χ3v) is 7.02. The highest BCUT2D eigenvalue weighted by molar-refractivity contribution is 9.10. The second kappa shape index (κ2) is 10.4. The quantitative estimate of drug-likeness (QED) is 0.352. The molecule has 0 radical (unpaired) electrons. The highest BCUT2D eigenvalue weighted by Gasteiger charge is 2.38. The highest BCUT2D eigenvalue weighted by Crippen LogP contribution is 2.45. The lowest BCUT2D eigenvalue weighted by atomic mass is 9.94. The third-order valence-electron chi connectivity index (χ3n) is 5.31. The number of halogens is 3. The maximum atomic E-state index is 14.2. The van der Waals surface area contributed by atoms with E-state index in [9.17, 15) is 9.18 Å². The summed E-state index contributed by atoms with van der Waals surface area (Å²) < 4.78 is 31.6. The van der Waals surface area contributed by atoms with Crippen LogP contribution in [0.25, 0.3) is 0 Å². The van der Waals surface area contributed by atoms with Gasteiger partial charge >= 0.3 is 5.97 Å². The van der Waals surface area contributed by atoms with E-state index in [0.717, 1.165) is 10.7 Å². The van der Waals surface area contributed by atoms with Gasteiger partial charge in [-0.1, -0.05) is 29.4 Å². The Morgan fingerprint density at radius 2 is 2.15 bits per heavy atom. The van der Waals surface area contributed by atoms with Crippen LogP contribution in [0.1, 0.15) is 31.0 Å². The zero-order chi connectivity index (χ0) is 24.4. The Hall–Kier alpha value is -2.49. The number of fused-ring (bicyclic) bond motifs is 1. The van der Waals surface area contributed by atoms with E-state index < -0.39 is 17.8 Å². The number of benzene rings is 2. The van der Waals surface area contributed by atoms with Crippen LogP contribution in [0.15, 0.2) is 62.7 Å². The SMILES string of the molecule is CCOC(=O)C1=C(C)N=C2SC=CN2[C@@H]1c1cc(Br)c(OCc2c(F)cccc2Cl)c(OC)c1. The molecule has 4 rings (SSSR count). The van der Waals surface area contributed by atoms with Gasteiger partial charge in [0.25, 0.3) is 0 Å². The molecule has 2 heterocycles. The maximum absolute atomic E-state index is 14.2. The van der Waals surface area contributed by atoms with Crippen molar-refractivity contribution in [2.75, 3.05) is 13.7 Å². The largest absolute Gasteiger partial charge is 0.493 e. The van der Waals surface area contributed by atoms with E-state index in [-0.39, 0.29) is 23.8 Å². The van der Waals surface area contributed by atoms with Gasteiger partial charge in [0.2, 0.25) is 0 Å². The fraction of sp³-hybridized carbons (Fsp3) is 0.250. The molecule has 2 aromatic carbocycles. The Kier molecular flexibility index (Phi) is 7.54. The lowest BCUT2D eigenvalue weighted by molar-refractivity contribution is -0.139. The fourth-order valence-corrected chi connectivity index (χ4v) is 5.33. The Labute approximate surface area is 214 Å². The van der Waals surface area contributed by atoms with Crippen molar-refractivity contribution >= 4 is 50.4 Å². The van der Waals surface area contributed by atoms with E-state index in [0.29, 0.717) is 27.2 Å². The Bertz CT molecular complexity index is 1210. The van der Waals surface area contributed by atoms with Gasteiger partial charge in [0.1, 0.15) is 12.4 Å². The standard InChI is InChI=1S/C24H21BrClFN2O4S/c1-4-32-23(30)20-13(2)28-24-29(8-9-34-24)21(20)14-10-16(25)22(19(11-14)31-3)33-12-15-17(26)6-5-7-18(15)27/h5-11,21H,4,12H2,1-3H3/t21-/m1/s1. The van der Waals surface area contributed by atoms with Crippen LogP contribution in [-0.2, 0) is 16.1 Å². The van der Waals surface area contributed by atoms with E-state index in [2.05, 4.69) is 20.9 Å². The summed E-state index contributed by atoms with van der Waals surface area (Å²) in [5.41, 5.74) is 2.05. The molecular formula is C24H21BrClFN2O4S. The number of nitrogens with zero attached hydrogens (tertiary/aromatic N) is 2. The molecule has 10 heteroatoms. The van der Waals surface area contributed by atoms with Crippen LogP contribution in [0.5, 0.6) is 11.5 Å². The lowest BCUT2D eigenvalue weighted by Gasteiger charge is -2.33. The zero-order valence-electron chi connectivity index (χ0n) is 18.6. The summed E-state index contributed by atoms with van der Waals surface area (Å²) >= 11 is 11.2. The number of hydrogen-bond donors (Lipinski definition) is 0. The molecule has 0 saturated carbocycles. The molecular weight excluding hydrogens is 547 g/mol. The molecule has 0 amide bonds. The molecule has 2 aliphatic rings. The smallest absolute Gasteiger partial charge is 0.338 e. The second-order valence-electron chi connectivity index (χ2n) is 7.35. The van der Waals surface area contributed by atoms with Crippen molar-refractivity contribution in [3.8, 4) is 11.5 Å². The summed E-state index contributed by atoms with van der Waals surface area (Å²) in [5.74, 6) is -0.0773. The first-order valence-electron chi connectivity index (χ1n) is 10.4. The average Bonchev–Trinajstić information content (AvgIpc) is 3.26. The van der Waals surface area contributed by atoms with Gasteiger partial charge in [0.15, 0.2) is 16.7 Å². The molecule has 34 heavy (non-hydrogen) atoms. The van der Waals surface area contributed by atoms with Crippen LogP contribution in [0.2, 0.25) is 5.02 Å². The van der Waals surface area contributed by atoms with Crippen molar-refractivity contribution in [1.82, 2.24) is 4.90 Å². The molecule has 0 aromatic heterocycles. The summed E-state index contributed by atoms with van der Waals surface area (Å²) in [4.78, 5) is 19.4. The normalized spacial score (nSPS) is 16.9. The Balaban J connectivity index is 1.73. The average molecular weight is 568 g/mol. The molecule has 0 unspecified atom stereocenters. The number of rotatable bonds is 7. The summed E-state index contributed by atoms with van der Waals surface area (Å²) in [6.07, 6.45) is 1.88. The maximum Gasteiger partial charge on any atom is 0.338 e. The molecule has 1 atom stereocenters. The number of aliphatic imine (C=N–C) groups is 1. The second-order valence-corrected chi connectivity index (χ2v) is 9.48. The van der Waals surface area contributed by atoms with Gasteiger partial charge in [-0.05, 0) is 65.0 Å².